The van der Waals surface area contributed by atoms with Crippen LogP contribution in [0.15, 0.2) is 16.6 Å². The first kappa shape index (κ1) is 14.1. The third-order valence-corrected chi connectivity index (χ3v) is 4.62. The molecule has 2 nitrogen and oxygen atoms in total. The van der Waals surface area contributed by atoms with Gasteiger partial charge in [0.1, 0.15) is 21.5 Å². The molecule has 1 aromatic rings. The van der Waals surface area contributed by atoms with Crippen molar-refractivity contribution in [2.45, 2.75) is 4.83 Å². The van der Waals surface area contributed by atoms with E-state index in [1.165, 1.54) is 0 Å². The molecule has 0 amide bonds. The number of sulfone groups is 1. The molecule has 0 spiro atoms. The summed E-state index contributed by atoms with van der Waals surface area (Å²) in [6.07, 6.45) is 1.04. The third kappa shape index (κ3) is 3.78. The molecule has 0 N–H and O–H groups in total. The predicted octanol–water partition coefficient (Wildman–Crippen LogP) is 3.21. The van der Waals surface area contributed by atoms with Crippen LogP contribution in [-0.2, 0) is 9.84 Å². The smallest absolute Gasteiger partial charge is 0.148 e. The zero-order valence-corrected chi connectivity index (χ0v) is 12.2. The third-order valence-electron chi connectivity index (χ3n) is 1.83. The zero-order valence-electron chi connectivity index (χ0n) is 8.18. The van der Waals surface area contributed by atoms with Gasteiger partial charge in [0.15, 0.2) is 0 Å². The molecule has 16 heavy (non-hydrogen) atoms. The van der Waals surface area contributed by atoms with Crippen molar-refractivity contribution in [2.24, 2.45) is 0 Å². The molecule has 0 fully saturated rings. The highest BCUT2D eigenvalue weighted by atomic mass is 79.9. The highest BCUT2D eigenvalue weighted by molar-refractivity contribution is 9.10. The Balaban J connectivity index is 3.09. The summed E-state index contributed by atoms with van der Waals surface area (Å²) < 4.78 is 48.7. The molecule has 0 aliphatic carbocycles. The summed E-state index contributed by atoms with van der Waals surface area (Å²) >= 11 is 5.87. The fourth-order valence-corrected chi connectivity index (χ4v) is 3.95. The highest BCUT2D eigenvalue weighted by Gasteiger charge is 2.19. The largest absolute Gasteiger partial charge is 0.229 e. The molecular weight excluding hydrogens is 370 g/mol. The van der Waals surface area contributed by atoms with Gasteiger partial charge in [0.25, 0.3) is 0 Å². The van der Waals surface area contributed by atoms with Gasteiger partial charge in [-0.25, -0.2) is 17.2 Å². The first-order valence-corrected chi connectivity index (χ1v) is 7.94. The van der Waals surface area contributed by atoms with E-state index in [9.17, 15) is 17.2 Å². The van der Waals surface area contributed by atoms with Crippen molar-refractivity contribution in [2.75, 3.05) is 12.0 Å². The van der Waals surface area contributed by atoms with Gasteiger partial charge in [0.2, 0.25) is 0 Å². The second-order valence-electron chi connectivity index (χ2n) is 3.35. The Hall–Kier alpha value is -0.0100. The van der Waals surface area contributed by atoms with Gasteiger partial charge >= 0.3 is 0 Å². The molecule has 0 bridgehead atoms. The minimum Gasteiger partial charge on any atom is -0.229 e. The second kappa shape index (κ2) is 5.10. The Morgan fingerprint density at radius 1 is 1.31 bits per heavy atom. The first-order valence-electron chi connectivity index (χ1n) is 4.17. The maximum absolute atomic E-state index is 13.4. The standard InChI is InChI=1S/C9H8Br2F2O2S/c1-16(14,15)4-7(11)5-2-9(13)6(10)3-8(5)12/h2-3,7H,4H2,1H3. The van der Waals surface area contributed by atoms with Crippen molar-refractivity contribution < 1.29 is 17.2 Å². The van der Waals surface area contributed by atoms with E-state index in [2.05, 4.69) is 31.9 Å². The summed E-state index contributed by atoms with van der Waals surface area (Å²) in [6, 6.07) is 1.95. The first-order chi connectivity index (χ1) is 7.20. The van der Waals surface area contributed by atoms with Crippen LogP contribution in [0, 0.1) is 11.6 Å². The number of rotatable bonds is 3. The van der Waals surface area contributed by atoms with E-state index in [1.807, 2.05) is 0 Å². The predicted molar refractivity (Wildman–Crippen MR) is 65.4 cm³/mol. The van der Waals surface area contributed by atoms with Crippen LogP contribution in [0.25, 0.3) is 0 Å². The topological polar surface area (TPSA) is 34.1 Å². The van der Waals surface area contributed by atoms with Crippen LogP contribution in [0.3, 0.4) is 0 Å². The van der Waals surface area contributed by atoms with E-state index in [0.717, 1.165) is 18.4 Å². The number of hydrogen-bond acceptors (Lipinski definition) is 2. The van der Waals surface area contributed by atoms with E-state index in [0.29, 0.717) is 0 Å². The van der Waals surface area contributed by atoms with E-state index in [4.69, 9.17) is 0 Å². The van der Waals surface area contributed by atoms with Gasteiger partial charge in [0, 0.05) is 11.8 Å². The summed E-state index contributed by atoms with van der Waals surface area (Å²) in [4.78, 5) is -0.759. The molecule has 0 aliphatic rings. The Kier molecular flexibility index (Phi) is 4.48. The van der Waals surface area contributed by atoms with E-state index in [1.54, 1.807) is 0 Å². The lowest BCUT2D eigenvalue weighted by atomic mass is 10.1. The van der Waals surface area contributed by atoms with Gasteiger partial charge in [-0.3, -0.25) is 0 Å². The molecule has 7 heteroatoms. The van der Waals surface area contributed by atoms with Crippen LogP contribution in [0.5, 0.6) is 0 Å². The van der Waals surface area contributed by atoms with Crippen LogP contribution in [0.4, 0.5) is 8.78 Å². The Morgan fingerprint density at radius 3 is 2.38 bits per heavy atom. The summed E-state index contributed by atoms with van der Waals surface area (Å²) in [6.45, 7) is 0. The fraction of sp³-hybridized carbons (Fsp3) is 0.333. The summed E-state index contributed by atoms with van der Waals surface area (Å²) in [5.74, 6) is -1.57. The van der Waals surface area contributed by atoms with Crippen LogP contribution in [0.1, 0.15) is 10.4 Å². The van der Waals surface area contributed by atoms with E-state index < -0.39 is 26.3 Å². The molecule has 90 valence electrons. The van der Waals surface area contributed by atoms with Crippen molar-refractivity contribution in [1.29, 1.82) is 0 Å². The Morgan fingerprint density at radius 2 is 1.88 bits per heavy atom. The van der Waals surface area contributed by atoms with Gasteiger partial charge in [-0.1, -0.05) is 15.9 Å². The van der Waals surface area contributed by atoms with Crippen LogP contribution < -0.4 is 0 Å². The maximum Gasteiger partial charge on any atom is 0.148 e. The van der Waals surface area contributed by atoms with Crippen LogP contribution >= 0.6 is 31.9 Å². The molecule has 0 saturated carbocycles. The lowest BCUT2D eigenvalue weighted by Gasteiger charge is -2.10. The number of hydrogen-bond donors (Lipinski definition) is 0. The van der Waals surface area contributed by atoms with Gasteiger partial charge in [-0.15, -0.1) is 0 Å². The fourth-order valence-electron chi connectivity index (χ4n) is 1.13. The SMILES string of the molecule is CS(=O)(=O)CC(Br)c1cc(F)c(Br)cc1F. The lowest BCUT2D eigenvalue weighted by molar-refractivity contribution is 0.578. The minimum absolute atomic E-state index is 0.00723. The maximum atomic E-state index is 13.4. The van der Waals surface area contributed by atoms with Gasteiger partial charge in [0.05, 0.1) is 15.1 Å². The molecular formula is C9H8Br2F2O2S. The van der Waals surface area contributed by atoms with Gasteiger partial charge in [-0.05, 0) is 28.1 Å². The molecule has 1 aromatic carbocycles. The zero-order chi connectivity index (χ0) is 12.5. The summed E-state index contributed by atoms with van der Waals surface area (Å²) in [5.41, 5.74) is -0.00822. The molecule has 1 unspecified atom stereocenters. The van der Waals surface area contributed by atoms with Gasteiger partial charge in [-0.2, -0.15) is 0 Å². The van der Waals surface area contributed by atoms with Gasteiger partial charge < -0.3 is 0 Å². The molecule has 1 rings (SSSR count). The summed E-state index contributed by atoms with van der Waals surface area (Å²) in [7, 11) is -3.26. The monoisotopic (exact) mass is 376 g/mol. The Labute approximate surface area is 109 Å². The van der Waals surface area contributed by atoms with Crippen molar-refractivity contribution in [1.82, 2.24) is 0 Å². The number of alkyl halides is 1. The van der Waals surface area contributed by atoms with Crippen molar-refractivity contribution in [3.05, 3.63) is 33.8 Å². The Bertz CT molecular complexity index is 502. The lowest BCUT2D eigenvalue weighted by Crippen LogP contribution is -2.10. The number of benzene rings is 1. The molecule has 0 heterocycles. The normalized spacial score (nSPS) is 13.8. The van der Waals surface area contributed by atoms with Crippen molar-refractivity contribution in [3.63, 3.8) is 0 Å². The minimum atomic E-state index is -3.26. The van der Waals surface area contributed by atoms with E-state index >= 15 is 0 Å². The van der Waals surface area contributed by atoms with E-state index in [-0.39, 0.29) is 15.8 Å². The average Bonchev–Trinajstić information content (AvgIpc) is 2.08. The summed E-state index contributed by atoms with van der Waals surface area (Å²) in [5, 5.41) is 0. The molecule has 0 radical (unpaired) electrons. The van der Waals surface area contributed by atoms with Crippen LogP contribution in [-0.4, -0.2) is 20.4 Å². The molecule has 0 aliphatic heterocycles. The van der Waals surface area contributed by atoms with Crippen molar-refractivity contribution in [3.8, 4) is 0 Å². The van der Waals surface area contributed by atoms with Crippen molar-refractivity contribution >= 4 is 41.7 Å². The number of halogens is 4. The highest BCUT2D eigenvalue weighted by Crippen LogP contribution is 2.30. The quantitative estimate of drug-likeness (QED) is 0.598. The molecule has 0 aromatic heterocycles. The molecule has 1 atom stereocenters. The second-order valence-corrected chi connectivity index (χ2v) is 7.49. The average molecular weight is 378 g/mol. The molecule has 0 saturated heterocycles. The van der Waals surface area contributed by atoms with Crippen LogP contribution in [0.2, 0.25) is 0 Å².